The van der Waals surface area contributed by atoms with Gasteiger partial charge in [-0.25, -0.2) is 23.4 Å². The SMILES string of the molecule is CCS(=O)(=O)c1c(-c2nc3cc(OC(C)(F)F)cnc3n2C)nc2cc(C3(C#N)CC3)ccn12. The molecular weight excluding hydrogens is 466 g/mol. The van der Waals surface area contributed by atoms with Gasteiger partial charge in [-0.2, -0.15) is 14.0 Å². The Morgan fingerprint density at radius 1 is 1.29 bits per heavy atom. The predicted octanol–water partition coefficient (Wildman–Crippen LogP) is 3.62. The van der Waals surface area contributed by atoms with Gasteiger partial charge < -0.3 is 9.30 Å². The van der Waals surface area contributed by atoms with Crippen LogP contribution in [-0.2, 0) is 22.3 Å². The van der Waals surface area contributed by atoms with Crippen molar-refractivity contribution < 1.29 is 21.9 Å². The first-order valence-electron chi connectivity index (χ1n) is 10.5. The minimum absolute atomic E-state index is 0.0340. The zero-order valence-corrected chi connectivity index (χ0v) is 19.4. The molecule has 1 aliphatic carbocycles. The van der Waals surface area contributed by atoms with Crippen LogP contribution in [0, 0.1) is 11.3 Å². The van der Waals surface area contributed by atoms with E-state index in [-0.39, 0.29) is 33.6 Å². The molecule has 1 fully saturated rings. The van der Waals surface area contributed by atoms with E-state index in [0.717, 1.165) is 24.6 Å². The van der Waals surface area contributed by atoms with Crippen molar-refractivity contribution in [3.8, 4) is 23.3 Å². The van der Waals surface area contributed by atoms with Crippen molar-refractivity contribution in [2.45, 2.75) is 43.2 Å². The molecule has 1 aliphatic rings. The lowest BCUT2D eigenvalue weighted by atomic mass is 9.99. The Morgan fingerprint density at radius 2 is 2.03 bits per heavy atom. The van der Waals surface area contributed by atoms with E-state index in [9.17, 15) is 22.5 Å². The van der Waals surface area contributed by atoms with Crippen molar-refractivity contribution in [3.05, 3.63) is 36.2 Å². The van der Waals surface area contributed by atoms with Gasteiger partial charge in [-0.15, -0.1) is 0 Å². The third-order valence-corrected chi connectivity index (χ3v) is 7.71. The van der Waals surface area contributed by atoms with E-state index in [1.54, 1.807) is 29.9 Å². The highest BCUT2D eigenvalue weighted by Crippen LogP contribution is 2.48. The second kappa shape index (κ2) is 7.20. The molecule has 5 rings (SSSR count). The molecule has 0 bridgehead atoms. The first-order valence-corrected chi connectivity index (χ1v) is 12.2. The molecule has 176 valence electrons. The van der Waals surface area contributed by atoms with E-state index in [0.29, 0.717) is 18.2 Å². The number of ether oxygens (including phenoxy) is 1. The molecule has 0 spiro atoms. The summed E-state index contributed by atoms with van der Waals surface area (Å²) in [4.78, 5) is 13.2. The molecule has 0 saturated heterocycles. The van der Waals surface area contributed by atoms with Gasteiger partial charge in [0.05, 0.1) is 23.4 Å². The van der Waals surface area contributed by atoms with Crippen molar-refractivity contribution in [1.82, 2.24) is 23.9 Å². The van der Waals surface area contributed by atoms with Crippen LogP contribution in [0.25, 0.3) is 28.3 Å². The molecule has 4 heterocycles. The Morgan fingerprint density at radius 3 is 2.65 bits per heavy atom. The molecule has 0 aliphatic heterocycles. The molecule has 0 atom stereocenters. The number of aromatic nitrogens is 5. The average Bonchev–Trinajstić information content (AvgIpc) is 3.38. The van der Waals surface area contributed by atoms with E-state index in [2.05, 4.69) is 25.8 Å². The van der Waals surface area contributed by atoms with Gasteiger partial charge in [0, 0.05) is 26.2 Å². The number of fused-ring (bicyclic) bond motifs is 2. The van der Waals surface area contributed by atoms with Crippen LogP contribution in [0.2, 0.25) is 0 Å². The summed E-state index contributed by atoms with van der Waals surface area (Å²) in [5, 5.41) is 9.51. The zero-order valence-electron chi connectivity index (χ0n) is 18.6. The molecular formula is C22H20F2N6O3S. The van der Waals surface area contributed by atoms with Crippen molar-refractivity contribution in [2.75, 3.05) is 5.75 Å². The van der Waals surface area contributed by atoms with Crippen LogP contribution in [0.3, 0.4) is 0 Å². The molecule has 9 nitrogen and oxygen atoms in total. The smallest absolute Gasteiger partial charge is 0.394 e. The fourth-order valence-electron chi connectivity index (χ4n) is 4.02. The third kappa shape index (κ3) is 3.47. The summed E-state index contributed by atoms with van der Waals surface area (Å²) >= 11 is 0. The Balaban J connectivity index is 1.73. The topological polar surface area (TPSA) is 115 Å². The van der Waals surface area contributed by atoms with E-state index in [1.165, 1.54) is 17.4 Å². The van der Waals surface area contributed by atoms with Crippen molar-refractivity contribution in [3.63, 3.8) is 0 Å². The van der Waals surface area contributed by atoms with Crippen LogP contribution in [0.4, 0.5) is 8.78 Å². The number of hydrogen-bond acceptors (Lipinski definition) is 7. The number of sulfone groups is 1. The van der Waals surface area contributed by atoms with Gasteiger partial charge in [0.15, 0.2) is 26.3 Å². The highest BCUT2D eigenvalue weighted by Gasteiger charge is 2.45. The van der Waals surface area contributed by atoms with Gasteiger partial charge in [-0.3, -0.25) is 4.40 Å². The van der Waals surface area contributed by atoms with E-state index < -0.39 is 21.4 Å². The largest absolute Gasteiger partial charge is 0.431 e. The molecule has 4 aromatic rings. The molecule has 0 radical (unpaired) electrons. The first kappa shape index (κ1) is 22.2. The predicted molar refractivity (Wildman–Crippen MR) is 118 cm³/mol. The van der Waals surface area contributed by atoms with Crippen LogP contribution in [0.1, 0.15) is 32.3 Å². The maximum absolute atomic E-state index is 13.3. The number of nitriles is 1. The summed E-state index contributed by atoms with van der Waals surface area (Å²) in [7, 11) is -2.11. The highest BCUT2D eigenvalue weighted by molar-refractivity contribution is 7.91. The van der Waals surface area contributed by atoms with Crippen LogP contribution in [0.5, 0.6) is 5.75 Å². The van der Waals surface area contributed by atoms with Crippen molar-refractivity contribution in [1.29, 1.82) is 5.26 Å². The summed E-state index contributed by atoms with van der Waals surface area (Å²) in [5.74, 6) is -0.123. The van der Waals surface area contributed by atoms with Crippen molar-refractivity contribution >= 4 is 26.6 Å². The summed E-state index contributed by atoms with van der Waals surface area (Å²) in [6.07, 6.45) is 0.853. The molecule has 12 heteroatoms. The van der Waals surface area contributed by atoms with Crippen LogP contribution >= 0.6 is 0 Å². The Labute approximate surface area is 193 Å². The van der Waals surface area contributed by atoms with Gasteiger partial charge in [0.25, 0.3) is 0 Å². The summed E-state index contributed by atoms with van der Waals surface area (Å²) in [6, 6.07) is 7.12. The maximum Gasteiger partial charge on any atom is 0.394 e. The monoisotopic (exact) mass is 486 g/mol. The van der Waals surface area contributed by atoms with E-state index in [1.807, 2.05) is 0 Å². The number of imidazole rings is 2. The number of halogens is 2. The second-order valence-corrected chi connectivity index (χ2v) is 10.6. The van der Waals surface area contributed by atoms with Gasteiger partial charge >= 0.3 is 6.11 Å². The average molecular weight is 487 g/mol. The standard InChI is InChI=1S/C22H20F2N6O3S/c1-4-34(31,32)20-17(28-16-9-13(5-8-30(16)20)22(12-25)6-7-22)19-27-15-10-14(33-21(2,23)24)11-26-18(15)29(19)3/h5,8-11H,4,6-7H2,1-3H3. The lowest BCUT2D eigenvalue weighted by Gasteiger charge is -2.12. The first-order chi connectivity index (χ1) is 16.0. The minimum Gasteiger partial charge on any atom is -0.431 e. The number of alkyl halides is 2. The van der Waals surface area contributed by atoms with Crippen LogP contribution in [0.15, 0.2) is 35.6 Å². The Bertz CT molecular complexity index is 1610. The number of nitrogens with zero attached hydrogens (tertiary/aromatic N) is 6. The van der Waals surface area contributed by atoms with E-state index in [4.69, 9.17) is 0 Å². The quantitative estimate of drug-likeness (QED) is 0.409. The van der Waals surface area contributed by atoms with Crippen LogP contribution < -0.4 is 4.74 Å². The number of pyridine rings is 2. The fourth-order valence-corrected chi connectivity index (χ4v) is 5.18. The number of aryl methyl sites for hydroxylation is 1. The lowest BCUT2D eigenvalue weighted by Crippen LogP contribution is -2.19. The number of rotatable bonds is 6. The summed E-state index contributed by atoms with van der Waals surface area (Å²) < 4.78 is 60.3. The van der Waals surface area contributed by atoms with Crippen molar-refractivity contribution in [2.24, 2.45) is 7.05 Å². The fraction of sp³-hybridized carbons (Fsp3) is 0.364. The molecule has 0 amide bonds. The molecule has 0 aromatic carbocycles. The lowest BCUT2D eigenvalue weighted by molar-refractivity contribution is -0.159. The van der Waals surface area contributed by atoms with Gasteiger partial charge in [-0.05, 0) is 30.5 Å². The molecule has 1 saturated carbocycles. The van der Waals surface area contributed by atoms with Gasteiger partial charge in [0.1, 0.15) is 22.6 Å². The van der Waals surface area contributed by atoms with Gasteiger partial charge in [0.2, 0.25) is 0 Å². The maximum atomic E-state index is 13.3. The Hall–Kier alpha value is -3.59. The molecule has 0 N–H and O–H groups in total. The molecule has 0 unspecified atom stereocenters. The van der Waals surface area contributed by atoms with Gasteiger partial charge in [-0.1, -0.05) is 6.92 Å². The normalized spacial score (nSPS) is 15.5. The molecule has 4 aromatic heterocycles. The minimum atomic E-state index is -3.75. The third-order valence-electron chi connectivity index (χ3n) is 5.97. The summed E-state index contributed by atoms with van der Waals surface area (Å²) in [5.41, 5.74) is 1.31. The number of hydrogen-bond donors (Lipinski definition) is 0. The zero-order chi connectivity index (χ0) is 24.5. The second-order valence-electron chi connectivity index (χ2n) is 8.42. The summed E-state index contributed by atoms with van der Waals surface area (Å²) in [6.45, 7) is 2.15. The van der Waals surface area contributed by atoms with Crippen LogP contribution in [-0.4, -0.2) is 44.2 Å². The highest BCUT2D eigenvalue weighted by atomic mass is 32.2. The Kier molecular flexibility index (Phi) is 4.71. The van der Waals surface area contributed by atoms with E-state index >= 15 is 0 Å². The molecule has 34 heavy (non-hydrogen) atoms.